The van der Waals surface area contributed by atoms with Crippen LogP contribution in [0.2, 0.25) is 0 Å². The standard InChI is InChI=1S/C21H21BrN2O2S/c1-13-10-17(14(2)24(13)12-16-4-3-9-27-16)21(25)23-19-7-8-26-20-6-5-15(22)11-18(19)20/h3-6,9-11,19H,7-8,12H2,1-2H3,(H,23,25). The SMILES string of the molecule is Cc1cc(C(=O)NC2CCOc3ccc(Br)cc32)c(C)n1Cc1cccs1. The Kier molecular flexibility index (Phi) is 5.10. The summed E-state index contributed by atoms with van der Waals surface area (Å²) in [5.74, 6) is 0.816. The second kappa shape index (κ2) is 7.52. The predicted molar refractivity (Wildman–Crippen MR) is 112 cm³/mol. The van der Waals surface area contributed by atoms with E-state index < -0.39 is 0 Å². The molecule has 2 aromatic heterocycles. The third-order valence-electron chi connectivity index (χ3n) is 5.03. The van der Waals surface area contributed by atoms with Gasteiger partial charge in [-0.25, -0.2) is 0 Å². The van der Waals surface area contributed by atoms with Crippen molar-refractivity contribution in [2.45, 2.75) is 32.9 Å². The van der Waals surface area contributed by atoms with Crippen LogP contribution in [0.3, 0.4) is 0 Å². The van der Waals surface area contributed by atoms with E-state index in [0.29, 0.717) is 6.61 Å². The van der Waals surface area contributed by atoms with E-state index >= 15 is 0 Å². The molecule has 1 atom stereocenters. The van der Waals surface area contributed by atoms with Crippen molar-refractivity contribution in [1.82, 2.24) is 9.88 Å². The summed E-state index contributed by atoms with van der Waals surface area (Å²) in [6.07, 6.45) is 0.767. The fourth-order valence-electron chi connectivity index (χ4n) is 3.58. The monoisotopic (exact) mass is 444 g/mol. The number of thiophene rings is 1. The Balaban J connectivity index is 1.57. The Hall–Kier alpha value is -2.05. The average molecular weight is 445 g/mol. The van der Waals surface area contributed by atoms with Gasteiger partial charge in [-0.2, -0.15) is 0 Å². The first-order valence-corrected chi connectivity index (χ1v) is 10.6. The summed E-state index contributed by atoms with van der Waals surface area (Å²) < 4.78 is 8.92. The molecule has 0 bridgehead atoms. The van der Waals surface area contributed by atoms with Crippen LogP contribution in [-0.2, 0) is 6.54 Å². The highest BCUT2D eigenvalue weighted by molar-refractivity contribution is 9.10. The van der Waals surface area contributed by atoms with Crippen LogP contribution in [0.1, 0.15) is 44.6 Å². The molecular weight excluding hydrogens is 424 g/mol. The molecule has 0 fully saturated rings. The van der Waals surface area contributed by atoms with Gasteiger partial charge in [0.05, 0.1) is 24.8 Å². The smallest absolute Gasteiger partial charge is 0.253 e. The van der Waals surface area contributed by atoms with Crippen LogP contribution in [0.4, 0.5) is 0 Å². The summed E-state index contributed by atoms with van der Waals surface area (Å²) in [6, 6.07) is 12.1. The molecule has 140 valence electrons. The van der Waals surface area contributed by atoms with Crippen molar-refractivity contribution < 1.29 is 9.53 Å². The van der Waals surface area contributed by atoms with Crippen molar-refractivity contribution in [2.24, 2.45) is 0 Å². The largest absolute Gasteiger partial charge is 0.493 e. The number of aromatic nitrogens is 1. The fraction of sp³-hybridized carbons (Fsp3) is 0.286. The molecule has 1 amide bonds. The topological polar surface area (TPSA) is 43.3 Å². The number of carbonyl (C=O) groups excluding carboxylic acids is 1. The molecular formula is C21H21BrN2O2S. The Morgan fingerprint density at radius 2 is 2.19 bits per heavy atom. The van der Waals surface area contributed by atoms with Gasteiger partial charge in [0.25, 0.3) is 5.91 Å². The molecule has 1 N–H and O–H groups in total. The lowest BCUT2D eigenvalue weighted by atomic mass is 10.00. The lowest BCUT2D eigenvalue weighted by Crippen LogP contribution is -2.32. The number of fused-ring (bicyclic) bond motifs is 1. The van der Waals surface area contributed by atoms with E-state index in [9.17, 15) is 4.79 Å². The number of nitrogens with one attached hydrogen (secondary N) is 1. The minimum absolute atomic E-state index is 0.0293. The molecule has 3 aromatic rings. The molecule has 0 saturated carbocycles. The summed E-state index contributed by atoms with van der Waals surface area (Å²) >= 11 is 5.25. The second-order valence-corrected chi connectivity index (χ2v) is 8.74. The number of benzene rings is 1. The summed E-state index contributed by atoms with van der Waals surface area (Å²) in [6.45, 7) is 5.48. The Labute approximate surface area is 171 Å². The lowest BCUT2D eigenvalue weighted by Gasteiger charge is -2.27. The van der Waals surface area contributed by atoms with Crippen molar-refractivity contribution in [3.63, 3.8) is 0 Å². The Morgan fingerprint density at radius 1 is 1.33 bits per heavy atom. The zero-order valence-electron chi connectivity index (χ0n) is 15.3. The van der Waals surface area contributed by atoms with Crippen molar-refractivity contribution >= 4 is 33.2 Å². The number of halogens is 1. The van der Waals surface area contributed by atoms with Gasteiger partial charge in [0.15, 0.2) is 0 Å². The number of amides is 1. The zero-order chi connectivity index (χ0) is 19.0. The van der Waals surface area contributed by atoms with Gasteiger partial charge < -0.3 is 14.6 Å². The van der Waals surface area contributed by atoms with E-state index in [1.54, 1.807) is 11.3 Å². The summed E-state index contributed by atoms with van der Waals surface area (Å²) in [5, 5.41) is 5.29. The second-order valence-electron chi connectivity index (χ2n) is 6.80. The minimum atomic E-state index is -0.0425. The number of aryl methyl sites for hydroxylation is 1. The number of hydrogen-bond acceptors (Lipinski definition) is 3. The highest BCUT2D eigenvalue weighted by Crippen LogP contribution is 2.34. The van der Waals surface area contributed by atoms with Crippen LogP contribution in [0.25, 0.3) is 0 Å². The molecule has 6 heteroatoms. The fourth-order valence-corrected chi connectivity index (χ4v) is 4.66. The molecule has 0 radical (unpaired) electrons. The normalized spacial score (nSPS) is 15.9. The van der Waals surface area contributed by atoms with Crippen LogP contribution >= 0.6 is 27.3 Å². The molecule has 3 heterocycles. The van der Waals surface area contributed by atoms with Gasteiger partial charge in [-0.15, -0.1) is 11.3 Å². The molecule has 0 saturated heterocycles. The van der Waals surface area contributed by atoms with Crippen molar-refractivity contribution in [3.8, 4) is 5.75 Å². The van der Waals surface area contributed by atoms with E-state index in [1.807, 2.05) is 31.2 Å². The maximum atomic E-state index is 13.0. The van der Waals surface area contributed by atoms with E-state index in [1.165, 1.54) is 4.88 Å². The highest BCUT2D eigenvalue weighted by Gasteiger charge is 2.25. The maximum Gasteiger partial charge on any atom is 0.253 e. The van der Waals surface area contributed by atoms with Gasteiger partial charge in [-0.1, -0.05) is 22.0 Å². The number of rotatable bonds is 4. The van der Waals surface area contributed by atoms with Crippen LogP contribution < -0.4 is 10.1 Å². The van der Waals surface area contributed by atoms with E-state index in [0.717, 1.165) is 45.7 Å². The van der Waals surface area contributed by atoms with Crippen LogP contribution in [0.5, 0.6) is 5.75 Å². The Morgan fingerprint density at radius 3 is 2.96 bits per heavy atom. The van der Waals surface area contributed by atoms with Crippen molar-refractivity contribution in [3.05, 3.63) is 73.6 Å². The van der Waals surface area contributed by atoms with Crippen LogP contribution in [-0.4, -0.2) is 17.1 Å². The molecule has 27 heavy (non-hydrogen) atoms. The predicted octanol–water partition coefficient (Wildman–Crippen LogP) is 5.23. The van der Waals surface area contributed by atoms with Gasteiger partial charge in [0.2, 0.25) is 0 Å². The molecule has 1 aromatic carbocycles. The average Bonchev–Trinajstić information content (AvgIpc) is 3.26. The molecule has 0 aliphatic carbocycles. The molecule has 1 unspecified atom stereocenters. The number of ether oxygens (including phenoxy) is 1. The maximum absolute atomic E-state index is 13.0. The van der Waals surface area contributed by atoms with Gasteiger partial charge >= 0.3 is 0 Å². The molecule has 4 rings (SSSR count). The van der Waals surface area contributed by atoms with Gasteiger partial charge in [-0.3, -0.25) is 4.79 Å². The summed E-state index contributed by atoms with van der Waals surface area (Å²) in [7, 11) is 0. The van der Waals surface area contributed by atoms with Crippen LogP contribution in [0, 0.1) is 13.8 Å². The van der Waals surface area contributed by atoms with E-state index in [2.05, 4.69) is 50.3 Å². The quantitative estimate of drug-likeness (QED) is 0.598. The van der Waals surface area contributed by atoms with E-state index in [-0.39, 0.29) is 11.9 Å². The summed E-state index contributed by atoms with van der Waals surface area (Å²) in [4.78, 5) is 14.3. The van der Waals surface area contributed by atoms with Gasteiger partial charge in [-0.05, 0) is 49.6 Å². The number of nitrogens with zero attached hydrogens (tertiary/aromatic N) is 1. The number of carbonyl (C=O) groups is 1. The first kappa shape index (κ1) is 18.3. The molecule has 1 aliphatic heterocycles. The lowest BCUT2D eigenvalue weighted by molar-refractivity contribution is 0.0924. The highest BCUT2D eigenvalue weighted by atomic mass is 79.9. The van der Waals surface area contributed by atoms with Gasteiger partial charge in [0.1, 0.15) is 5.75 Å². The van der Waals surface area contributed by atoms with Crippen LogP contribution in [0.15, 0.2) is 46.3 Å². The number of hydrogen-bond donors (Lipinski definition) is 1. The summed E-state index contributed by atoms with van der Waals surface area (Å²) in [5.41, 5.74) is 3.87. The molecule has 1 aliphatic rings. The third kappa shape index (κ3) is 3.69. The first-order valence-electron chi connectivity index (χ1n) is 8.95. The Bertz CT molecular complexity index is 978. The van der Waals surface area contributed by atoms with Gasteiger partial charge in [0, 0.05) is 32.7 Å². The third-order valence-corrected chi connectivity index (χ3v) is 6.38. The molecule has 0 spiro atoms. The van der Waals surface area contributed by atoms with Crippen molar-refractivity contribution in [2.75, 3.05) is 6.61 Å². The molecule has 4 nitrogen and oxygen atoms in total. The van der Waals surface area contributed by atoms with E-state index in [4.69, 9.17) is 4.74 Å². The first-order chi connectivity index (χ1) is 13.0. The zero-order valence-corrected chi connectivity index (χ0v) is 17.7. The minimum Gasteiger partial charge on any atom is -0.493 e. The van der Waals surface area contributed by atoms with Crippen molar-refractivity contribution in [1.29, 1.82) is 0 Å².